The van der Waals surface area contributed by atoms with Gasteiger partial charge in [-0.25, -0.2) is 9.79 Å². The lowest BCUT2D eigenvalue weighted by Crippen LogP contribution is -2.48. The Bertz CT molecular complexity index is 358. The topological polar surface area (TPSA) is 240 Å². The summed E-state index contributed by atoms with van der Waals surface area (Å²) in [7, 11) is 0. The summed E-state index contributed by atoms with van der Waals surface area (Å²) in [4.78, 5) is 23.0. The average molecular weight is 313 g/mol. The molecule has 0 saturated heterocycles. The highest BCUT2D eigenvalue weighted by molar-refractivity contribution is 5.79. The van der Waals surface area contributed by atoms with Crippen molar-refractivity contribution in [2.75, 3.05) is 13.2 Å². The summed E-state index contributed by atoms with van der Waals surface area (Å²) in [6.07, 6.45) is -7.84. The van der Waals surface area contributed by atoms with Crippen LogP contribution < -0.4 is 11.5 Å². The lowest BCUT2D eigenvalue weighted by Gasteiger charge is -2.23. The first kappa shape index (κ1) is 21.3. The minimum absolute atomic E-state index is 0.201. The van der Waals surface area contributed by atoms with Gasteiger partial charge in [0.25, 0.3) is 0 Å². The molecule has 0 radical (unpaired) electrons. The lowest BCUT2D eigenvalue weighted by molar-refractivity contribution is -0.164. The van der Waals surface area contributed by atoms with Crippen LogP contribution in [0.5, 0.6) is 0 Å². The normalized spacial score (nSPS) is 15.7. The first-order chi connectivity index (χ1) is 9.54. The number of carboxylic acid groups (broad SMARTS) is 2. The predicted molar refractivity (Wildman–Crippen MR) is 67.1 cm³/mol. The summed E-state index contributed by atoms with van der Waals surface area (Å²) in [6.45, 7) is -1.20. The highest BCUT2D eigenvalue weighted by atomic mass is 16.4. The maximum atomic E-state index is 10.1. The van der Waals surface area contributed by atoms with Gasteiger partial charge in [0, 0.05) is 0 Å². The zero-order chi connectivity index (χ0) is 17.2. The number of aliphatic imine (C=N–C) groups is 1. The zero-order valence-electron chi connectivity index (χ0n) is 10.8. The number of carbonyl (C=O) groups is 2. The van der Waals surface area contributed by atoms with E-state index in [9.17, 15) is 9.59 Å². The summed E-state index contributed by atoms with van der Waals surface area (Å²) < 4.78 is 0. The summed E-state index contributed by atoms with van der Waals surface area (Å²) in [6, 6.07) is 0. The molecule has 0 aliphatic rings. The molecule has 12 heteroatoms. The molecule has 0 aromatic carbocycles. The number of hydrogen-bond acceptors (Lipinski definition) is 8. The Kier molecular flexibility index (Phi) is 10.9. The van der Waals surface area contributed by atoms with E-state index in [0.717, 1.165) is 0 Å². The van der Waals surface area contributed by atoms with E-state index in [1.165, 1.54) is 0 Å². The fraction of sp³-hybridized carbons (Fsp3) is 0.667. The van der Waals surface area contributed by atoms with Crippen molar-refractivity contribution in [1.82, 2.24) is 0 Å². The van der Waals surface area contributed by atoms with Crippen molar-refractivity contribution in [1.29, 1.82) is 0 Å². The Morgan fingerprint density at radius 1 is 1.00 bits per heavy atom. The van der Waals surface area contributed by atoms with Gasteiger partial charge in [-0.3, -0.25) is 4.79 Å². The number of aliphatic hydroxyl groups is 5. The number of nitrogens with two attached hydrogens (primary N) is 2. The van der Waals surface area contributed by atoms with Gasteiger partial charge in [-0.15, -0.1) is 0 Å². The van der Waals surface area contributed by atoms with Crippen LogP contribution in [0.25, 0.3) is 0 Å². The first-order valence-corrected chi connectivity index (χ1v) is 5.37. The standard InChI is InChI=1S/C6H12O7.C3H7N3O2/c7-1-2(8)3(9)4(10)5(11)6(12)13;4-3(5)6-1-2(7)8/h2-5,7-11H,1H2,(H,12,13);1H2,(H,7,8)(H4,4,5,6)/t2-,3+,4+,5+;/m0./s1. The Labute approximate surface area is 118 Å². The molecule has 0 heterocycles. The fourth-order valence-electron chi connectivity index (χ4n) is 0.827. The van der Waals surface area contributed by atoms with E-state index in [1.807, 2.05) is 0 Å². The van der Waals surface area contributed by atoms with Gasteiger partial charge >= 0.3 is 11.9 Å². The maximum absolute atomic E-state index is 10.1. The molecule has 0 aromatic heterocycles. The van der Waals surface area contributed by atoms with Gasteiger partial charge < -0.3 is 47.2 Å². The van der Waals surface area contributed by atoms with E-state index in [0.29, 0.717) is 0 Å². The maximum Gasteiger partial charge on any atom is 0.335 e. The summed E-state index contributed by atoms with van der Waals surface area (Å²) >= 11 is 0. The van der Waals surface area contributed by atoms with Gasteiger partial charge in [0.15, 0.2) is 12.1 Å². The molecule has 11 N–H and O–H groups in total. The lowest BCUT2D eigenvalue weighted by atomic mass is 10.0. The van der Waals surface area contributed by atoms with Gasteiger partial charge in [0.05, 0.1) is 6.61 Å². The van der Waals surface area contributed by atoms with Gasteiger partial charge in [0.2, 0.25) is 0 Å². The third kappa shape index (κ3) is 10.5. The Hall–Kier alpha value is -1.99. The molecule has 0 aliphatic carbocycles. The van der Waals surface area contributed by atoms with E-state index >= 15 is 0 Å². The van der Waals surface area contributed by atoms with Crippen LogP contribution >= 0.6 is 0 Å². The number of guanidine groups is 1. The molecule has 0 rings (SSSR count). The molecule has 0 amide bonds. The van der Waals surface area contributed by atoms with E-state index in [-0.39, 0.29) is 12.5 Å². The summed E-state index contributed by atoms with van der Waals surface area (Å²) in [5.74, 6) is -2.97. The Morgan fingerprint density at radius 2 is 1.48 bits per heavy atom. The van der Waals surface area contributed by atoms with Crippen molar-refractivity contribution in [2.24, 2.45) is 16.5 Å². The number of nitrogens with zero attached hydrogens (tertiary/aromatic N) is 1. The van der Waals surface area contributed by atoms with Crippen molar-refractivity contribution in [3.63, 3.8) is 0 Å². The molecule has 0 aromatic rings. The van der Waals surface area contributed by atoms with Crippen molar-refractivity contribution in [3.05, 3.63) is 0 Å². The number of hydrogen-bond donors (Lipinski definition) is 9. The molecule has 124 valence electrons. The number of aliphatic carboxylic acids is 2. The van der Waals surface area contributed by atoms with Crippen LogP contribution in [-0.4, -0.2) is 91.2 Å². The smallest absolute Gasteiger partial charge is 0.335 e. The molecule has 0 saturated carbocycles. The molecular formula is C9H19N3O9. The van der Waals surface area contributed by atoms with Crippen LogP contribution in [-0.2, 0) is 9.59 Å². The molecule has 21 heavy (non-hydrogen) atoms. The molecule has 0 bridgehead atoms. The largest absolute Gasteiger partial charge is 0.480 e. The van der Waals surface area contributed by atoms with Crippen LogP contribution in [0.1, 0.15) is 0 Å². The van der Waals surface area contributed by atoms with Gasteiger partial charge in [-0.2, -0.15) is 0 Å². The number of carboxylic acids is 2. The summed E-state index contributed by atoms with van der Waals surface area (Å²) in [5.41, 5.74) is 9.61. The van der Waals surface area contributed by atoms with Crippen LogP contribution in [0.4, 0.5) is 0 Å². The fourth-order valence-corrected chi connectivity index (χ4v) is 0.827. The van der Waals surface area contributed by atoms with Crippen molar-refractivity contribution in [3.8, 4) is 0 Å². The third-order valence-corrected chi connectivity index (χ3v) is 1.90. The van der Waals surface area contributed by atoms with Crippen molar-refractivity contribution < 1.29 is 45.3 Å². The van der Waals surface area contributed by atoms with E-state index < -0.39 is 43.0 Å². The van der Waals surface area contributed by atoms with Gasteiger partial charge in [-0.05, 0) is 0 Å². The first-order valence-electron chi connectivity index (χ1n) is 5.37. The van der Waals surface area contributed by atoms with Crippen LogP contribution in [0.15, 0.2) is 4.99 Å². The summed E-state index contributed by atoms with van der Waals surface area (Å²) in [5, 5.41) is 59.8. The van der Waals surface area contributed by atoms with Crippen LogP contribution in [0, 0.1) is 0 Å². The highest BCUT2D eigenvalue weighted by Gasteiger charge is 2.33. The molecule has 4 atom stereocenters. The number of aliphatic hydroxyl groups excluding tert-OH is 5. The minimum Gasteiger partial charge on any atom is -0.480 e. The monoisotopic (exact) mass is 313 g/mol. The Balaban J connectivity index is 0. The highest BCUT2D eigenvalue weighted by Crippen LogP contribution is 2.04. The second-order valence-corrected chi connectivity index (χ2v) is 3.65. The second kappa shape index (κ2) is 10.8. The quantitative estimate of drug-likeness (QED) is 0.159. The van der Waals surface area contributed by atoms with Crippen molar-refractivity contribution >= 4 is 17.9 Å². The average Bonchev–Trinajstić information content (AvgIpc) is 2.42. The molecule has 0 spiro atoms. The van der Waals surface area contributed by atoms with E-state index in [2.05, 4.69) is 4.99 Å². The molecule has 0 fully saturated rings. The minimum atomic E-state index is -2.20. The van der Waals surface area contributed by atoms with Crippen molar-refractivity contribution in [2.45, 2.75) is 24.4 Å². The second-order valence-electron chi connectivity index (χ2n) is 3.65. The van der Waals surface area contributed by atoms with E-state index in [1.54, 1.807) is 0 Å². The Morgan fingerprint density at radius 3 is 1.71 bits per heavy atom. The van der Waals surface area contributed by atoms with Crippen LogP contribution in [0.2, 0.25) is 0 Å². The zero-order valence-corrected chi connectivity index (χ0v) is 10.8. The molecule has 12 nitrogen and oxygen atoms in total. The molecular weight excluding hydrogens is 294 g/mol. The number of rotatable bonds is 7. The molecule has 0 aliphatic heterocycles. The van der Waals surface area contributed by atoms with Crippen LogP contribution in [0.3, 0.4) is 0 Å². The van der Waals surface area contributed by atoms with Gasteiger partial charge in [-0.1, -0.05) is 0 Å². The SMILES string of the molecule is NC(N)=NCC(=O)O.O=C(O)[C@H](O)[C@H](O)[C@H](O)[C@@H](O)CO. The van der Waals surface area contributed by atoms with E-state index in [4.69, 9.17) is 47.2 Å². The third-order valence-electron chi connectivity index (χ3n) is 1.90. The molecule has 0 unspecified atom stereocenters. The predicted octanol–water partition coefficient (Wildman–Crippen LogP) is -5.15. The van der Waals surface area contributed by atoms with Gasteiger partial charge in [0.1, 0.15) is 24.9 Å².